The molecule has 15 heavy (non-hydrogen) atoms. The number of hydrogen-bond acceptors (Lipinski definition) is 3. The maximum absolute atomic E-state index is 11.6. The Balaban J connectivity index is 1.77. The van der Waals surface area contributed by atoms with Crippen LogP contribution in [0.2, 0.25) is 0 Å². The molecule has 0 aromatic heterocycles. The van der Waals surface area contributed by atoms with Crippen molar-refractivity contribution in [2.75, 3.05) is 6.61 Å². The van der Waals surface area contributed by atoms with Gasteiger partial charge >= 0.3 is 5.97 Å². The number of nitrogens with one attached hydrogen (secondary N) is 1. The Labute approximate surface area is 91.6 Å². The quantitative estimate of drug-likeness (QED) is 0.721. The number of carbonyl (C=O) groups excluding carboxylic acids is 1. The van der Waals surface area contributed by atoms with Crippen molar-refractivity contribution in [3.8, 4) is 0 Å². The van der Waals surface area contributed by atoms with Crippen LogP contribution in [0.25, 0.3) is 0 Å². The van der Waals surface area contributed by atoms with Crippen LogP contribution >= 0.6 is 0 Å². The van der Waals surface area contributed by atoms with Gasteiger partial charge in [-0.1, -0.05) is 6.42 Å². The average Bonchev–Trinajstić information content (AvgIpc) is 3.03. The van der Waals surface area contributed by atoms with E-state index in [0.29, 0.717) is 12.6 Å². The second kappa shape index (κ2) is 4.97. The van der Waals surface area contributed by atoms with E-state index < -0.39 is 0 Å². The average molecular weight is 211 g/mol. The Hall–Kier alpha value is -0.570. The summed E-state index contributed by atoms with van der Waals surface area (Å²) in [5.74, 6) is 0.162. The molecule has 1 N–H and O–H groups in total. The van der Waals surface area contributed by atoms with E-state index in [1.165, 1.54) is 19.3 Å². The first-order valence-corrected chi connectivity index (χ1v) is 6.22. The zero-order valence-corrected chi connectivity index (χ0v) is 9.50. The third kappa shape index (κ3) is 3.20. The number of rotatable bonds is 4. The van der Waals surface area contributed by atoms with Gasteiger partial charge < -0.3 is 10.1 Å². The molecule has 2 saturated carbocycles. The maximum atomic E-state index is 11.6. The molecule has 2 aliphatic rings. The van der Waals surface area contributed by atoms with Crippen molar-refractivity contribution >= 4 is 5.97 Å². The molecule has 0 saturated heterocycles. The molecule has 2 rings (SSSR count). The molecular formula is C12H21NO2. The lowest BCUT2D eigenvalue weighted by Gasteiger charge is -2.28. The number of esters is 1. The first kappa shape index (κ1) is 10.9. The van der Waals surface area contributed by atoms with Crippen LogP contribution in [0, 0.1) is 5.92 Å². The standard InChI is InChI=1S/C12H21NO2/c1-2-15-12(14)9-4-3-5-11(8-9)13-10-6-7-10/h9-11,13H,2-8H2,1H3. The summed E-state index contributed by atoms with van der Waals surface area (Å²) in [6.45, 7) is 2.39. The molecule has 0 spiro atoms. The van der Waals surface area contributed by atoms with Gasteiger partial charge in [-0.3, -0.25) is 4.79 Å². The summed E-state index contributed by atoms with van der Waals surface area (Å²) in [5.41, 5.74) is 0. The molecule has 2 aliphatic carbocycles. The van der Waals surface area contributed by atoms with E-state index in [4.69, 9.17) is 4.74 Å². The van der Waals surface area contributed by atoms with Crippen molar-refractivity contribution in [1.82, 2.24) is 5.32 Å². The van der Waals surface area contributed by atoms with Crippen molar-refractivity contribution in [2.24, 2.45) is 5.92 Å². The second-order valence-corrected chi connectivity index (χ2v) is 4.75. The normalized spacial score (nSPS) is 31.3. The summed E-state index contributed by atoms with van der Waals surface area (Å²) in [5, 5.41) is 3.61. The minimum atomic E-state index is 0.0137. The van der Waals surface area contributed by atoms with Crippen LogP contribution in [-0.4, -0.2) is 24.7 Å². The fourth-order valence-corrected chi connectivity index (χ4v) is 2.40. The summed E-state index contributed by atoms with van der Waals surface area (Å²) >= 11 is 0. The van der Waals surface area contributed by atoms with Crippen LogP contribution in [0.4, 0.5) is 0 Å². The Morgan fingerprint density at radius 3 is 2.73 bits per heavy atom. The van der Waals surface area contributed by atoms with Crippen LogP contribution in [0.3, 0.4) is 0 Å². The topological polar surface area (TPSA) is 38.3 Å². The van der Waals surface area contributed by atoms with E-state index in [0.717, 1.165) is 25.3 Å². The van der Waals surface area contributed by atoms with Gasteiger partial charge in [0.1, 0.15) is 0 Å². The van der Waals surface area contributed by atoms with Crippen LogP contribution in [0.5, 0.6) is 0 Å². The molecule has 2 fully saturated rings. The van der Waals surface area contributed by atoms with Crippen LogP contribution in [0.15, 0.2) is 0 Å². The van der Waals surface area contributed by atoms with Crippen molar-refractivity contribution in [1.29, 1.82) is 0 Å². The summed E-state index contributed by atoms with van der Waals surface area (Å²) in [6, 6.07) is 1.30. The largest absolute Gasteiger partial charge is 0.466 e. The smallest absolute Gasteiger partial charge is 0.308 e. The monoisotopic (exact) mass is 211 g/mol. The van der Waals surface area contributed by atoms with E-state index in [9.17, 15) is 4.79 Å². The summed E-state index contributed by atoms with van der Waals surface area (Å²) in [4.78, 5) is 11.6. The zero-order chi connectivity index (χ0) is 10.7. The lowest BCUT2D eigenvalue weighted by atomic mass is 9.85. The van der Waals surface area contributed by atoms with E-state index >= 15 is 0 Å². The van der Waals surface area contributed by atoms with Gasteiger partial charge in [-0.25, -0.2) is 0 Å². The molecule has 0 aliphatic heterocycles. The van der Waals surface area contributed by atoms with Crippen molar-refractivity contribution in [3.05, 3.63) is 0 Å². The minimum Gasteiger partial charge on any atom is -0.466 e. The SMILES string of the molecule is CCOC(=O)C1CCCC(NC2CC2)C1. The van der Waals surface area contributed by atoms with Gasteiger partial charge in [0.05, 0.1) is 12.5 Å². The molecule has 0 bridgehead atoms. The highest BCUT2D eigenvalue weighted by atomic mass is 16.5. The highest BCUT2D eigenvalue weighted by Gasteiger charge is 2.31. The van der Waals surface area contributed by atoms with E-state index in [2.05, 4.69) is 5.32 Å². The molecule has 0 aromatic rings. The predicted molar refractivity (Wildman–Crippen MR) is 58.5 cm³/mol. The Morgan fingerprint density at radius 2 is 2.07 bits per heavy atom. The fraction of sp³-hybridized carbons (Fsp3) is 0.917. The fourth-order valence-electron chi connectivity index (χ4n) is 2.40. The molecular weight excluding hydrogens is 190 g/mol. The van der Waals surface area contributed by atoms with E-state index in [1.807, 2.05) is 6.92 Å². The van der Waals surface area contributed by atoms with E-state index in [1.54, 1.807) is 0 Å². The first-order valence-electron chi connectivity index (χ1n) is 6.22. The maximum Gasteiger partial charge on any atom is 0.308 e. The Bertz CT molecular complexity index is 226. The molecule has 3 nitrogen and oxygen atoms in total. The molecule has 0 aromatic carbocycles. The predicted octanol–water partition coefficient (Wildman–Crippen LogP) is 1.86. The zero-order valence-electron chi connectivity index (χ0n) is 9.50. The van der Waals surface area contributed by atoms with Crippen LogP contribution in [-0.2, 0) is 9.53 Å². The molecule has 0 heterocycles. The van der Waals surface area contributed by atoms with Gasteiger partial charge in [-0.2, -0.15) is 0 Å². The van der Waals surface area contributed by atoms with Crippen molar-refractivity contribution in [2.45, 2.75) is 57.5 Å². The van der Waals surface area contributed by atoms with Gasteiger partial charge in [-0.15, -0.1) is 0 Å². The number of carbonyl (C=O) groups is 1. The van der Waals surface area contributed by atoms with Gasteiger partial charge in [0.15, 0.2) is 0 Å². The highest BCUT2D eigenvalue weighted by Crippen LogP contribution is 2.28. The molecule has 3 heteroatoms. The Kier molecular flexibility index (Phi) is 3.62. The minimum absolute atomic E-state index is 0.0137. The van der Waals surface area contributed by atoms with Crippen LogP contribution in [0.1, 0.15) is 45.4 Å². The summed E-state index contributed by atoms with van der Waals surface area (Å²) in [6.07, 6.45) is 7.03. The van der Waals surface area contributed by atoms with Crippen molar-refractivity contribution < 1.29 is 9.53 Å². The highest BCUT2D eigenvalue weighted by molar-refractivity contribution is 5.72. The van der Waals surface area contributed by atoms with Gasteiger partial charge in [-0.05, 0) is 39.0 Å². The van der Waals surface area contributed by atoms with Gasteiger partial charge in [0.25, 0.3) is 0 Å². The molecule has 2 atom stereocenters. The lowest BCUT2D eigenvalue weighted by molar-refractivity contribution is -0.149. The first-order chi connectivity index (χ1) is 7.29. The summed E-state index contributed by atoms with van der Waals surface area (Å²) in [7, 11) is 0. The second-order valence-electron chi connectivity index (χ2n) is 4.75. The third-order valence-corrected chi connectivity index (χ3v) is 3.34. The van der Waals surface area contributed by atoms with E-state index in [-0.39, 0.29) is 11.9 Å². The van der Waals surface area contributed by atoms with Crippen LogP contribution < -0.4 is 5.32 Å². The Morgan fingerprint density at radius 1 is 1.27 bits per heavy atom. The van der Waals surface area contributed by atoms with Crippen molar-refractivity contribution in [3.63, 3.8) is 0 Å². The molecule has 0 radical (unpaired) electrons. The number of ether oxygens (including phenoxy) is 1. The molecule has 0 amide bonds. The van der Waals surface area contributed by atoms with Gasteiger partial charge in [0, 0.05) is 12.1 Å². The lowest BCUT2D eigenvalue weighted by Crippen LogP contribution is -2.38. The number of hydrogen-bond donors (Lipinski definition) is 1. The third-order valence-electron chi connectivity index (χ3n) is 3.34. The van der Waals surface area contributed by atoms with Gasteiger partial charge in [0.2, 0.25) is 0 Å². The summed E-state index contributed by atoms with van der Waals surface area (Å²) < 4.78 is 5.08. The molecule has 86 valence electrons. The molecule has 2 unspecified atom stereocenters.